The van der Waals surface area contributed by atoms with Gasteiger partial charge in [-0.05, 0) is 43.9 Å². The third-order valence-corrected chi connectivity index (χ3v) is 8.59. The van der Waals surface area contributed by atoms with Crippen molar-refractivity contribution >= 4 is 38.3 Å². The van der Waals surface area contributed by atoms with Gasteiger partial charge in [-0.3, -0.25) is 14.9 Å². The van der Waals surface area contributed by atoms with E-state index in [2.05, 4.69) is 10.3 Å². The normalized spacial score (nSPS) is 20.8. The quantitative estimate of drug-likeness (QED) is 0.392. The van der Waals surface area contributed by atoms with E-state index in [0.717, 1.165) is 10.2 Å². The molecule has 1 aliphatic heterocycles. The van der Waals surface area contributed by atoms with Gasteiger partial charge in [0.2, 0.25) is 5.91 Å². The van der Waals surface area contributed by atoms with E-state index >= 15 is 0 Å². The van der Waals surface area contributed by atoms with E-state index in [4.69, 9.17) is 4.74 Å². The number of benzene rings is 1. The zero-order chi connectivity index (χ0) is 25.3. The van der Waals surface area contributed by atoms with E-state index < -0.39 is 14.9 Å². The lowest BCUT2D eigenvalue weighted by molar-refractivity contribution is -0.384. The fourth-order valence-electron chi connectivity index (χ4n) is 4.97. The minimum atomic E-state index is -3.93. The maximum absolute atomic E-state index is 13.2. The van der Waals surface area contributed by atoms with E-state index in [1.807, 2.05) is 4.90 Å². The fraction of sp³-hybridized carbons (Fsp3) is 0.417. The first kappa shape index (κ1) is 24.2. The molecule has 3 aromatic rings. The van der Waals surface area contributed by atoms with Crippen LogP contribution in [0.25, 0.3) is 11.0 Å². The number of aromatic nitrogens is 2. The fourth-order valence-corrected chi connectivity index (χ4v) is 6.30. The first-order chi connectivity index (χ1) is 17.4. The van der Waals surface area contributed by atoms with Gasteiger partial charge in [0.1, 0.15) is 11.9 Å². The molecule has 3 heterocycles. The zero-order valence-corrected chi connectivity index (χ0v) is 20.4. The summed E-state index contributed by atoms with van der Waals surface area (Å²) in [7, 11) is -3.93. The summed E-state index contributed by atoms with van der Waals surface area (Å²) in [6.07, 6.45) is 5.16. The topological polar surface area (TPSA) is 137 Å². The second-order valence-corrected chi connectivity index (χ2v) is 10.9. The minimum Gasteiger partial charge on any atom is -0.378 e. The van der Waals surface area contributed by atoms with Crippen molar-refractivity contribution in [1.82, 2.24) is 13.9 Å². The van der Waals surface area contributed by atoms with Gasteiger partial charge in [-0.2, -0.15) is 0 Å². The van der Waals surface area contributed by atoms with Crippen LogP contribution >= 0.6 is 0 Å². The lowest BCUT2D eigenvalue weighted by atomic mass is 9.85. The third-order valence-electron chi connectivity index (χ3n) is 6.91. The molecule has 2 fully saturated rings. The molecule has 1 N–H and O–H groups in total. The molecule has 1 aliphatic carbocycles. The van der Waals surface area contributed by atoms with Crippen LogP contribution in [0.4, 0.5) is 11.4 Å². The predicted octanol–water partition coefficient (Wildman–Crippen LogP) is 3.01. The number of carbonyl (C=O) groups excluding carboxylic acids is 1. The van der Waals surface area contributed by atoms with Crippen LogP contribution in [-0.2, 0) is 19.6 Å². The molecule has 11 nitrogen and oxygen atoms in total. The van der Waals surface area contributed by atoms with E-state index in [-0.39, 0.29) is 39.8 Å². The number of nitrogens with zero attached hydrogens (tertiary/aromatic N) is 4. The summed E-state index contributed by atoms with van der Waals surface area (Å²) in [6, 6.07) is 9.40. The standard InChI is InChI=1S/C24H27N5O6S/c30-24(27-12-14-35-15-13-27)17-6-8-18(9-7-17)26-22-20-10-11-28(23(20)25-16-21(22)29(31)32)36(33,34)19-4-2-1-3-5-19/h1-5,10-11,16-18H,6-9,12-15H2,(H,25,26)/t17-,18-. The number of anilines is 1. The summed E-state index contributed by atoms with van der Waals surface area (Å²) in [5.41, 5.74) is 0.141. The predicted molar refractivity (Wildman–Crippen MR) is 132 cm³/mol. The highest BCUT2D eigenvalue weighted by atomic mass is 32.2. The van der Waals surface area contributed by atoms with Crippen LogP contribution in [-0.4, -0.2) is 65.4 Å². The molecule has 1 aromatic carbocycles. The van der Waals surface area contributed by atoms with Gasteiger partial charge in [0.15, 0.2) is 5.65 Å². The molecule has 1 amide bonds. The van der Waals surface area contributed by atoms with E-state index in [9.17, 15) is 23.3 Å². The van der Waals surface area contributed by atoms with Crippen molar-refractivity contribution < 1.29 is 22.9 Å². The third kappa shape index (κ3) is 4.53. The van der Waals surface area contributed by atoms with Gasteiger partial charge >= 0.3 is 5.69 Å². The molecule has 1 saturated heterocycles. The number of pyridine rings is 1. The largest absolute Gasteiger partial charge is 0.378 e. The Kier molecular flexibility index (Phi) is 6.63. The Hall–Kier alpha value is -3.51. The van der Waals surface area contributed by atoms with Crippen LogP contribution in [0.1, 0.15) is 25.7 Å². The summed E-state index contributed by atoms with van der Waals surface area (Å²) in [6.45, 7) is 2.34. The van der Waals surface area contributed by atoms with Crippen molar-refractivity contribution in [3.05, 3.63) is 58.9 Å². The van der Waals surface area contributed by atoms with Gasteiger partial charge in [0.05, 0.1) is 28.4 Å². The van der Waals surface area contributed by atoms with Crippen LogP contribution in [0, 0.1) is 16.0 Å². The molecule has 2 aliphatic rings. The molecule has 2 aromatic heterocycles. The van der Waals surface area contributed by atoms with Crippen LogP contribution in [0.5, 0.6) is 0 Å². The molecule has 12 heteroatoms. The number of hydrogen-bond acceptors (Lipinski definition) is 8. The first-order valence-electron chi connectivity index (χ1n) is 11.9. The number of morpholine rings is 1. The number of nitrogens with one attached hydrogen (secondary N) is 1. The van der Waals surface area contributed by atoms with Crippen LogP contribution in [0.15, 0.2) is 53.7 Å². The van der Waals surface area contributed by atoms with Crippen LogP contribution < -0.4 is 5.32 Å². The summed E-state index contributed by atoms with van der Waals surface area (Å²) in [4.78, 5) is 30.2. The highest BCUT2D eigenvalue weighted by Gasteiger charge is 2.32. The van der Waals surface area contributed by atoms with Gasteiger partial charge in [0, 0.05) is 31.2 Å². The van der Waals surface area contributed by atoms with E-state index in [1.54, 1.807) is 18.2 Å². The molecule has 5 rings (SSSR count). The number of hydrogen-bond donors (Lipinski definition) is 1. The molecule has 36 heavy (non-hydrogen) atoms. The number of rotatable bonds is 6. The monoisotopic (exact) mass is 513 g/mol. The average Bonchev–Trinajstić information content (AvgIpc) is 3.35. The Morgan fingerprint density at radius 1 is 1.08 bits per heavy atom. The Bertz CT molecular complexity index is 1380. The van der Waals surface area contributed by atoms with Gasteiger partial charge < -0.3 is 15.0 Å². The lowest BCUT2D eigenvalue weighted by Crippen LogP contribution is -2.45. The Balaban J connectivity index is 1.39. The number of nitro groups is 1. The van der Waals surface area contributed by atoms with Gasteiger partial charge in [-0.15, -0.1) is 0 Å². The molecule has 1 saturated carbocycles. The Morgan fingerprint density at radius 2 is 1.78 bits per heavy atom. The van der Waals surface area contributed by atoms with E-state index in [0.29, 0.717) is 57.4 Å². The maximum Gasteiger partial charge on any atom is 0.311 e. The van der Waals surface area contributed by atoms with Gasteiger partial charge in [-0.1, -0.05) is 18.2 Å². The number of ether oxygens (including phenoxy) is 1. The van der Waals surface area contributed by atoms with Crippen molar-refractivity contribution in [2.45, 2.75) is 36.6 Å². The van der Waals surface area contributed by atoms with Crippen LogP contribution in [0.3, 0.4) is 0 Å². The number of fused-ring (bicyclic) bond motifs is 1. The zero-order valence-electron chi connectivity index (χ0n) is 19.6. The molecule has 0 unspecified atom stereocenters. The number of amides is 1. The van der Waals surface area contributed by atoms with Crippen molar-refractivity contribution in [2.24, 2.45) is 5.92 Å². The second-order valence-electron chi connectivity index (χ2n) is 9.07. The highest BCUT2D eigenvalue weighted by molar-refractivity contribution is 7.90. The van der Waals surface area contributed by atoms with Crippen molar-refractivity contribution in [3.8, 4) is 0 Å². The summed E-state index contributed by atoms with van der Waals surface area (Å²) < 4.78 is 32.7. The maximum atomic E-state index is 13.2. The van der Waals surface area contributed by atoms with E-state index in [1.165, 1.54) is 24.4 Å². The van der Waals surface area contributed by atoms with Crippen LogP contribution in [0.2, 0.25) is 0 Å². The Morgan fingerprint density at radius 3 is 2.44 bits per heavy atom. The lowest BCUT2D eigenvalue weighted by Gasteiger charge is -2.34. The molecule has 190 valence electrons. The smallest absolute Gasteiger partial charge is 0.311 e. The molecule has 0 spiro atoms. The second kappa shape index (κ2) is 9.86. The van der Waals surface area contributed by atoms with Gasteiger partial charge in [-0.25, -0.2) is 17.4 Å². The summed E-state index contributed by atoms with van der Waals surface area (Å²) >= 11 is 0. The van der Waals surface area contributed by atoms with Crippen molar-refractivity contribution in [1.29, 1.82) is 0 Å². The SMILES string of the molecule is O=C([C@H]1CC[C@H](Nc2c([N+](=O)[O-])cnc3c2ccn3S(=O)(=O)c2ccccc2)CC1)N1CCOCC1. The molecule has 0 atom stereocenters. The average molecular weight is 514 g/mol. The number of carbonyl (C=O) groups is 1. The summed E-state index contributed by atoms with van der Waals surface area (Å²) in [5, 5.41) is 15.4. The Labute approximate surface area is 208 Å². The van der Waals surface area contributed by atoms with Crippen molar-refractivity contribution in [3.63, 3.8) is 0 Å². The van der Waals surface area contributed by atoms with Crippen molar-refractivity contribution in [2.75, 3.05) is 31.6 Å². The molecular formula is C24H27N5O6S. The minimum absolute atomic E-state index is 0.0642. The highest BCUT2D eigenvalue weighted by Crippen LogP contribution is 2.36. The molecular weight excluding hydrogens is 486 g/mol. The first-order valence-corrected chi connectivity index (χ1v) is 13.4. The van der Waals surface area contributed by atoms with Gasteiger partial charge in [0.25, 0.3) is 10.0 Å². The molecule has 0 radical (unpaired) electrons. The molecule has 0 bridgehead atoms. The summed E-state index contributed by atoms with van der Waals surface area (Å²) in [5.74, 6) is 0.0860.